The summed E-state index contributed by atoms with van der Waals surface area (Å²) in [5.41, 5.74) is 1.63. The molecule has 0 amide bonds. The first-order chi connectivity index (χ1) is 10.0. The predicted molar refractivity (Wildman–Crippen MR) is 81.4 cm³/mol. The number of nitrogens with one attached hydrogen (secondary N) is 3. The van der Waals surface area contributed by atoms with E-state index in [4.69, 9.17) is 11.6 Å². The van der Waals surface area contributed by atoms with E-state index >= 15 is 0 Å². The van der Waals surface area contributed by atoms with Gasteiger partial charge in [-0.15, -0.1) is 0 Å². The molecular formula is C13H17ClN4O2S. The number of benzene rings is 1. The summed E-state index contributed by atoms with van der Waals surface area (Å²) in [6.07, 6.45) is 3.20. The molecule has 21 heavy (non-hydrogen) atoms. The van der Waals surface area contributed by atoms with Gasteiger partial charge in [-0.3, -0.25) is 5.10 Å². The molecule has 1 aromatic carbocycles. The summed E-state index contributed by atoms with van der Waals surface area (Å²) in [5.74, 6) is 0. The third-order valence-electron chi connectivity index (χ3n) is 2.92. The fraction of sp³-hybridized carbons (Fsp3) is 0.308. The summed E-state index contributed by atoms with van der Waals surface area (Å²) in [5, 5.41) is 9.97. The Balaban J connectivity index is 2.10. The van der Waals surface area contributed by atoms with Crippen molar-refractivity contribution in [1.29, 1.82) is 0 Å². The van der Waals surface area contributed by atoms with Crippen LogP contribution in [-0.2, 0) is 23.1 Å². The van der Waals surface area contributed by atoms with Gasteiger partial charge in [0.2, 0.25) is 10.0 Å². The average molecular weight is 329 g/mol. The second-order valence-electron chi connectivity index (χ2n) is 4.46. The molecule has 6 nitrogen and oxygen atoms in total. The van der Waals surface area contributed by atoms with Crippen LogP contribution in [0.5, 0.6) is 0 Å². The Bertz CT molecular complexity index is 686. The number of H-pyrrole nitrogens is 1. The van der Waals surface area contributed by atoms with Gasteiger partial charge in [0.25, 0.3) is 0 Å². The van der Waals surface area contributed by atoms with E-state index in [1.54, 1.807) is 24.5 Å². The van der Waals surface area contributed by atoms with Crippen LogP contribution in [0.3, 0.4) is 0 Å². The molecule has 0 atom stereocenters. The first-order valence-corrected chi connectivity index (χ1v) is 8.35. The number of hydrogen-bond acceptors (Lipinski definition) is 4. The molecule has 0 bridgehead atoms. The van der Waals surface area contributed by atoms with Gasteiger partial charge in [0.05, 0.1) is 11.1 Å². The first-order valence-electron chi connectivity index (χ1n) is 6.49. The Kier molecular flexibility index (Phi) is 5.35. The van der Waals surface area contributed by atoms with Gasteiger partial charge >= 0.3 is 0 Å². The van der Waals surface area contributed by atoms with Crippen LogP contribution in [0.25, 0.3) is 0 Å². The zero-order valence-electron chi connectivity index (χ0n) is 11.6. The molecule has 114 valence electrons. The van der Waals surface area contributed by atoms with Crippen LogP contribution in [0.15, 0.2) is 35.5 Å². The van der Waals surface area contributed by atoms with Gasteiger partial charge < -0.3 is 5.32 Å². The van der Waals surface area contributed by atoms with E-state index in [-0.39, 0.29) is 11.4 Å². The average Bonchev–Trinajstić information content (AvgIpc) is 2.97. The standard InChI is InChI=1S/C13H17ClN4O2S/c1-2-15-9-11-3-4-12(5-13(11)14)21(19,20)18-8-10-6-16-17-7-10/h3-7,15,18H,2,8-9H2,1H3,(H,16,17). The molecule has 0 fully saturated rings. The minimum atomic E-state index is -3.59. The van der Waals surface area contributed by atoms with Crippen LogP contribution >= 0.6 is 11.6 Å². The Hall–Kier alpha value is -1.41. The molecule has 0 saturated carbocycles. The molecule has 2 rings (SSSR count). The molecule has 0 aliphatic rings. The predicted octanol–water partition coefficient (Wildman–Crippen LogP) is 1.65. The second-order valence-corrected chi connectivity index (χ2v) is 6.64. The molecule has 0 aliphatic carbocycles. The number of hydrogen-bond donors (Lipinski definition) is 3. The summed E-state index contributed by atoms with van der Waals surface area (Å²) < 4.78 is 26.9. The molecule has 0 saturated heterocycles. The highest BCUT2D eigenvalue weighted by atomic mass is 35.5. The number of rotatable bonds is 7. The zero-order chi connectivity index (χ0) is 15.3. The molecular weight excluding hydrogens is 312 g/mol. The molecule has 0 aliphatic heterocycles. The van der Waals surface area contributed by atoms with Crippen LogP contribution in [0.1, 0.15) is 18.1 Å². The van der Waals surface area contributed by atoms with Crippen molar-refractivity contribution in [2.75, 3.05) is 6.54 Å². The molecule has 3 N–H and O–H groups in total. The largest absolute Gasteiger partial charge is 0.313 e. The molecule has 0 unspecified atom stereocenters. The summed E-state index contributed by atoms with van der Waals surface area (Å²) in [6.45, 7) is 3.60. The number of aromatic amines is 1. The van der Waals surface area contributed by atoms with Crippen molar-refractivity contribution in [3.05, 3.63) is 46.7 Å². The minimum absolute atomic E-state index is 0.149. The Labute approximate surface area is 129 Å². The SMILES string of the molecule is CCNCc1ccc(S(=O)(=O)NCc2cn[nH]c2)cc1Cl. The third-order valence-corrected chi connectivity index (χ3v) is 4.67. The van der Waals surface area contributed by atoms with Gasteiger partial charge in [-0.1, -0.05) is 24.6 Å². The van der Waals surface area contributed by atoms with E-state index in [0.29, 0.717) is 11.6 Å². The lowest BCUT2D eigenvalue weighted by molar-refractivity contribution is 0.581. The summed E-state index contributed by atoms with van der Waals surface area (Å²) >= 11 is 6.12. The van der Waals surface area contributed by atoms with Gasteiger partial charge in [0.15, 0.2) is 0 Å². The van der Waals surface area contributed by atoms with E-state index < -0.39 is 10.0 Å². The maximum Gasteiger partial charge on any atom is 0.240 e. The van der Waals surface area contributed by atoms with Crippen molar-refractivity contribution in [2.24, 2.45) is 0 Å². The summed E-state index contributed by atoms with van der Waals surface area (Å²) in [7, 11) is -3.59. The van der Waals surface area contributed by atoms with E-state index in [1.165, 1.54) is 6.07 Å². The minimum Gasteiger partial charge on any atom is -0.313 e. The van der Waals surface area contributed by atoms with Gasteiger partial charge in [-0.2, -0.15) is 5.10 Å². The first kappa shape index (κ1) is 16.0. The van der Waals surface area contributed by atoms with E-state index in [2.05, 4.69) is 20.2 Å². The van der Waals surface area contributed by atoms with E-state index in [1.807, 2.05) is 6.92 Å². The van der Waals surface area contributed by atoms with Gasteiger partial charge in [0, 0.05) is 29.9 Å². The van der Waals surface area contributed by atoms with Crippen molar-refractivity contribution in [2.45, 2.75) is 24.9 Å². The van der Waals surface area contributed by atoms with Crippen LogP contribution in [-0.4, -0.2) is 25.2 Å². The van der Waals surface area contributed by atoms with Crippen molar-refractivity contribution in [1.82, 2.24) is 20.2 Å². The fourth-order valence-electron chi connectivity index (χ4n) is 1.73. The lowest BCUT2D eigenvalue weighted by Crippen LogP contribution is -2.23. The smallest absolute Gasteiger partial charge is 0.240 e. The van der Waals surface area contributed by atoms with Crippen molar-refractivity contribution < 1.29 is 8.42 Å². The van der Waals surface area contributed by atoms with Crippen LogP contribution < -0.4 is 10.0 Å². The van der Waals surface area contributed by atoms with E-state index in [9.17, 15) is 8.42 Å². The third kappa shape index (κ3) is 4.28. The second kappa shape index (κ2) is 7.04. The monoisotopic (exact) mass is 328 g/mol. The molecule has 1 heterocycles. The van der Waals surface area contributed by atoms with E-state index in [0.717, 1.165) is 17.7 Å². The number of aromatic nitrogens is 2. The van der Waals surface area contributed by atoms with Gasteiger partial charge in [0.1, 0.15) is 0 Å². The topological polar surface area (TPSA) is 86.9 Å². The number of sulfonamides is 1. The fourth-order valence-corrected chi connectivity index (χ4v) is 3.09. The Morgan fingerprint density at radius 2 is 2.14 bits per heavy atom. The zero-order valence-corrected chi connectivity index (χ0v) is 13.1. The van der Waals surface area contributed by atoms with Crippen LogP contribution in [0, 0.1) is 0 Å². The number of halogens is 1. The highest BCUT2D eigenvalue weighted by Gasteiger charge is 2.15. The maximum atomic E-state index is 12.2. The maximum absolute atomic E-state index is 12.2. The Morgan fingerprint density at radius 3 is 2.76 bits per heavy atom. The molecule has 0 spiro atoms. The van der Waals surface area contributed by atoms with Crippen molar-refractivity contribution in [3.8, 4) is 0 Å². The van der Waals surface area contributed by atoms with Crippen LogP contribution in [0.4, 0.5) is 0 Å². The van der Waals surface area contributed by atoms with Gasteiger partial charge in [-0.25, -0.2) is 13.1 Å². The highest BCUT2D eigenvalue weighted by molar-refractivity contribution is 7.89. The van der Waals surface area contributed by atoms with Crippen LogP contribution in [0.2, 0.25) is 5.02 Å². The lowest BCUT2D eigenvalue weighted by atomic mass is 10.2. The summed E-state index contributed by atoms with van der Waals surface area (Å²) in [4.78, 5) is 0.149. The highest BCUT2D eigenvalue weighted by Crippen LogP contribution is 2.21. The van der Waals surface area contributed by atoms with Crippen molar-refractivity contribution >= 4 is 21.6 Å². The normalized spacial score (nSPS) is 11.7. The summed E-state index contributed by atoms with van der Waals surface area (Å²) in [6, 6.07) is 4.74. The molecule has 0 radical (unpaired) electrons. The Morgan fingerprint density at radius 1 is 1.33 bits per heavy atom. The van der Waals surface area contributed by atoms with Gasteiger partial charge in [-0.05, 0) is 24.2 Å². The van der Waals surface area contributed by atoms with Crippen molar-refractivity contribution in [3.63, 3.8) is 0 Å². The molecule has 1 aromatic heterocycles. The number of nitrogens with zero attached hydrogens (tertiary/aromatic N) is 1. The lowest BCUT2D eigenvalue weighted by Gasteiger charge is -2.09. The molecule has 8 heteroatoms. The quantitative estimate of drug-likeness (QED) is 0.721. The molecule has 2 aromatic rings.